The Labute approximate surface area is 106 Å². The van der Waals surface area contributed by atoms with Crippen molar-refractivity contribution in [2.45, 2.75) is 12.1 Å². The number of tetrazole rings is 1. The van der Waals surface area contributed by atoms with Gasteiger partial charge in [0.25, 0.3) is 0 Å². The Bertz CT molecular complexity index is 591. The van der Waals surface area contributed by atoms with E-state index < -0.39 is 10.8 Å². The van der Waals surface area contributed by atoms with Crippen LogP contribution in [0.25, 0.3) is 0 Å². The van der Waals surface area contributed by atoms with E-state index in [1.54, 1.807) is 19.2 Å². The summed E-state index contributed by atoms with van der Waals surface area (Å²) in [4.78, 5) is 11.9. The average Bonchev–Trinajstić information content (AvgIpc) is 2.76. The number of aromatic nitrogens is 4. The molecule has 0 N–H and O–H groups in total. The van der Waals surface area contributed by atoms with Crippen LogP contribution in [0.15, 0.2) is 29.4 Å². The minimum Gasteiger partial charge on any atom is -0.293 e. The Balaban J connectivity index is 2.10. The monoisotopic (exact) mass is 264 g/mol. The zero-order valence-electron chi connectivity index (χ0n) is 10.0. The largest absolute Gasteiger partial charge is 0.293 e. The van der Waals surface area contributed by atoms with Crippen LogP contribution in [0.1, 0.15) is 15.9 Å². The van der Waals surface area contributed by atoms with Gasteiger partial charge in [0.2, 0.25) is 5.16 Å². The third kappa shape index (κ3) is 2.67. The summed E-state index contributed by atoms with van der Waals surface area (Å²) in [7, 11) is 0.0644. The van der Waals surface area contributed by atoms with E-state index in [1.807, 2.05) is 19.1 Å². The molecule has 1 aromatic heterocycles. The molecule has 0 saturated heterocycles. The van der Waals surface area contributed by atoms with Crippen molar-refractivity contribution in [1.29, 1.82) is 0 Å². The molecule has 0 saturated carbocycles. The van der Waals surface area contributed by atoms with Crippen LogP contribution in [0, 0.1) is 6.92 Å². The number of carbonyl (C=O) groups excluding carboxylic acids is 1. The summed E-state index contributed by atoms with van der Waals surface area (Å²) >= 11 is 0. The molecule has 0 aliphatic heterocycles. The summed E-state index contributed by atoms with van der Waals surface area (Å²) in [6, 6.07) is 7.15. The van der Waals surface area contributed by atoms with Crippen LogP contribution < -0.4 is 0 Å². The van der Waals surface area contributed by atoms with E-state index in [-0.39, 0.29) is 16.7 Å². The first kappa shape index (κ1) is 12.6. The van der Waals surface area contributed by atoms with Gasteiger partial charge in [-0.2, -0.15) is 0 Å². The van der Waals surface area contributed by atoms with E-state index in [4.69, 9.17) is 0 Å². The summed E-state index contributed by atoms with van der Waals surface area (Å²) in [5, 5.41) is 10.8. The smallest absolute Gasteiger partial charge is 0.239 e. The lowest BCUT2D eigenvalue weighted by Crippen LogP contribution is -2.14. The molecule has 2 rings (SSSR count). The first-order chi connectivity index (χ1) is 8.58. The summed E-state index contributed by atoms with van der Waals surface area (Å²) in [5.74, 6) is -0.298. The molecule has 2 aromatic rings. The van der Waals surface area contributed by atoms with Crippen molar-refractivity contribution in [3.8, 4) is 0 Å². The fourth-order valence-corrected chi connectivity index (χ4v) is 2.41. The number of ketones is 1. The van der Waals surface area contributed by atoms with E-state index in [9.17, 15) is 9.00 Å². The maximum absolute atomic E-state index is 11.9. The van der Waals surface area contributed by atoms with Gasteiger partial charge in [-0.3, -0.25) is 9.00 Å². The van der Waals surface area contributed by atoms with Crippen molar-refractivity contribution < 1.29 is 9.00 Å². The van der Waals surface area contributed by atoms with E-state index in [0.717, 1.165) is 5.56 Å². The zero-order valence-corrected chi connectivity index (χ0v) is 10.8. The van der Waals surface area contributed by atoms with Gasteiger partial charge >= 0.3 is 0 Å². The molecule has 0 aliphatic rings. The summed E-state index contributed by atoms with van der Waals surface area (Å²) in [5.41, 5.74) is 1.62. The van der Waals surface area contributed by atoms with Crippen LogP contribution in [0.4, 0.5) is 0 Å². The highest BCUT2D eigenvalue weighted by Gasteiger charge is 2.16. The Morgan fingerprint density at radius 1 is 1.33 bits per heavy atom. The Morgan fingerprint density at radius 2 is 2.00 bits per heavy atom. The molecule has 1 atom stereocenters. The minimum atomic E-state index is -1.52. The van der Waals surface area contributed by atoms with Crippen LogP contribution in [-0.4, -0.2) is 36.0 Å². The molecular weight excluding hydrogens is 252 g/mol. The molecule has 7 heteroatoms. The SMILES string of the molecule is Cc1ccc(C(=O)CS(=O)c2nnnn2C)cc1. The number of Topliss-reactive ketones (excluding diaryl/α,β-unsaturated/α-hetero) is 1. The molecule has 0 aliphatic carbocycles. The molecule has 18 heavy (non-hydrogen) atoms. The second kappa shape index (κ2) is 5.18. The summed E-state index contributed by atoms with van der Waals surface area (Å²) < 4.78 is 13.2. The van der Waals surface area contributed by atoms with Gasteiger partial charge in [-0.1, -0.05) is 34.9 Å². The average molecular weight is 264 g/mol. The van der Waals surface area contributed by atoms with Gasteiger partial charge in [-0.15, -0.1) is 0 Å². The van der Waals surface area contributed by atoms with Gasteiger partial charge in [0.1, 0.15) is 10.8 Å². The highest BCUT2D eigenvalue weighted by Crippen LogP contribution is 2.07. The predicted octanol–water partition coefficient (Wildman–Crippen LogP) is 0.509. The molecule has 1 aromatic carbocycles. The van der Waals surface area contributed by atoms with Crippen molar-refractivity contribution in [2.75, 3.05) is 5.75 Å². The van der Waals surface area contributed by atoms with Gasteiger partial charge in [-0.25, -0.2) is 4.68 Å². The van der Waals surface area contributed by atoms with E-state index in [2.05, 4.69) is 15.5 Å². The zero-order chi connectivity index (χ0) is 13.1. The van der Waals surface area contributed by atoms with Crippen LogP contribution in [0.2, 0.25) is 0 Å². The number of hydrogen-bond donors (Lipinski definition) is 0. The van der Waals surface area contributed by atoms with Crippen molar-refractivity contribution in [1.82, 2.24) is 20.2 Å². The lowest BCUT2D eigenvalue weighted by molar-refractivity contribution is 0.102. The second-order valence-corrected chi connectivity index (χ2v) is 5.21. The molecule has 0 spiro atoms. The van der Waals surface area contributed by atoms with Crippen molar-refractivity contribution in [3.05, 3.63) is 35.4 Å². The van der Waals surface area contributed by atoms with Gasteiger partial charge in [0.15, 0.2) is 5.78 Å². The summed E-state index contributed by atoms with van der Waals surface area (Å²) in [6.07, 6.45) is 0. The normalized spacial score (nSPS) is 12.3. The minimum absolute atomic E-state index is 0.114. The third-order valence-electron chi connectivity index (χ3n) is 2.42. The lowest BCUT2D eigenvalue weighted by Gasteiger charge is -2.01. The number of rotatable bonds is 4. The van der Waals surface area contributed by atoms with Gasteiger partial charge in [0, 0.05) is 12.6 Å². The molecule has 1 unspecified atom stereocenters. The first-order valence-corrected chi connectivity index (χ1v) is 6.60. The van der Waals surface area contributed by atoms with Gasteiger partial charge in [-0.05, 0) is 17.4 Å². The highest BCUT2D eigenvalue weighted by molar-refractivity contribution is 7.85. The van der Waals surface area contributed by atoms with Crippen LogP contribution in [-0.2, 0) is 17.8 Å². The first-order valence-electron chi connectivity index (χ1n) is 5.28. The molecular formula is C11H12N4O2S. The molecule has 0 radical (unpaired) electrons. The molecule has 6 nitrogen and oxygen atoms in total. The number of hydrogen-bond acceptors (Lipinski definition) is 5. The molecule has 94 valence electrons. The maximum Gasteiger partial charge on any atom is 0.239 e. The van der Waals surface area contributed by atoms with Crippen molar-refractivity contribution >= 4 is 16.6 Å². The third-order valence-corrected chi connectivity index (χ3v) is 3.70. The molecule has 1 heterocycles. The standard InChI is InChI=1S/C11H12N4O2S/c1-8-3-5-9(6-4-8)10(16)7-18(17)11-12-13-14-15(11)2/h3-6H,7H2,1-2H3. The lowest BCUT2D eigenvalue weighted by atomic mass is 10.1. The van der Waals surface area contributed by atoms with Crippen LogP contribution in [0.5, 0.6) is 0 Å². The molecule has 0 amide bonds. The Morgan fingerprint density at radius 3 is 2.56 bits per heavy atom. The molecule has 0 bridgehead atoms. The van der Waals surface area contributed by atoms with Crippen molar-refractivity contribution in [2.24, 2.45) is 7.05 Å². The predicted molar refractivity (Wildman–Crippen MR) is 65.6 cm³/mol. The second-order valence-electron chi connectivity index (χ2n) is 3.86. The fourth-order valence-electron chi connectivity index (χ4n) is 1.42. The topological polar surface area (TPSA) is 77.7 Å². The number of carbonyl (C=O) groups is 1. The summed E-state index contributed by atoms with van der Waals surface area (Å²) in [6.45, 7) is 1.94. The van der Waals surface area contributed by atoms with Crippen molar-refractivity contribution in [3.63, 3.8) is 0 Å². The van der Waals surface area contributed by atoms with Crippen LogP contribution in [0.3, 0.4) is 0 Å². The fraction of sp³-hybridized carbons (Fsp3) is 0.273. The maximum atomic E-state index is 11.9. The highest BCUT2D eigenvalue weighted by atomic mass is 32.2. The number of aryl methyl sites for hydroxylation is 2. The van der Waals surface area contributed by atoms with E-state index in [0.29, 0.717) is 5.56 Å². The van der Waals surface area contributed by atoms with E-state index >= 15 is 0 Å². The quantitative estimate of drug-likeness (QED) is 0.752. The Kier molecular flexibility index (Phi) is 3.61. The number of benzene rings is 1. The van der Waals surface area contributed by atoms with Crippen LogP contribution >= 0.6 is 0 Å². The van der Waals surface area contributed by atoms with Gasteiger partial charge in [0.05, 0.1) is 5.75 Å². The number of nitrogens with zero attached hydrogens (tertiary/aromatic N) is 4. The van der Waals surface area contributed by atoms with Gasteiger partial charge < -0.3 is 0 Å². The molecule has 0 fully saturated rings. The Hall–Kier alpha value is -1.89. The van der Waals surface area contributed by atoms with E-state index in [1.165, 1.54) is 4.68 Å².